The van der Waals surface area contributed by atoms with Crippen LogP contribution in [0.1, 0.15) is 22.8 Å². The van der Waals surface area contributed by atoms with Gasteiger partial charge in [0, 0.05) is 11.3 Å². The van der Waals surface area contributed by atoms with Crippen molar-refractivity contribution >= 4 is 27.5 Å². The number of benzene rings is 3. The van der Waals surface area contributed by atoms with E-state index >= 15 is 0 Å². The third-order valence-corrected chi connectivity index (χ3v) is 6.02. The van der Waals surface area contributed by atoms with Crippen molar-refractivity contribution in [2.24, 2.45) is 0 Å². The largest absolute Gasteiger partial charge is 0.478 e. The summed E-state index contributed by atoms with van der Waals surface area (Å²) in [5.74, 6) is -2.91. The summed E-state index contributed by atoms with van der Waals surface area (Å²) in [6.07, 6.45) is -1.12. The molecule has 0 bridgehead atoms. The Morgan fingerprint density at radius 1 is 0.912 bits per heavy atom. The average molecular weight is 490 g/mol. The van der Waals surface area contributed by atoms with Crippen molar-refractivity contribution < 1.29 is 31.5 Å². The number of hydrogen-bond acceptors (Lipinski definition) is 5. The van der Waals surface area contributed by atoms with Gasteiger partial charge < -0.3 is 4.74 Å². The van der Waals surface area contributed by atoms with Crippen LogP contribution in [0.2, 0.25) is 0 Å². The van der Waals surface area contributed by atoms with Crippen LogP contribution in [0.25, 0.3) is 0 Å². The molecule has 2 amide bonds. The number of para-hydroxylation sites is 1. The van der Waals surface area contributed by atoms with Gasteiger partial charge in [0.2, 0.25) is 0 Å². The van der Waals surface area contributed by atoms with Crippen molar-refractivity contribution in [3.8, 4) is 5.75 Å². The Morgan fingerprint density at radius 2 is 1.65 bits per heavy atom. The number of amides is 2. The van der Waals surface area contributed by atoms with Gasteiger partial charge in [-0.15, -0.1) is 0 Å². The first-order valence-corrected chi connectivity index (χ1v) is 11.5. The van der Waals surface area contributed by atoms with Gasteiger partial charge in [0.05, 0.1) is 4.90 Å². The van der Waals surface area contributed by atoms with Crippen LogP contribution in [-0.4, -0.2) is 26.3 Å². The number of carbonyl (C=O) groups excluding carboxylic acids is 2. The lowest BCUT2D eigenvalue weighted by Crippen LogP contribution is -2.47. The molecule has 0 aliphatic rings. The zero-order chi connectivity index (χ0) is 24.9. The lowest BCUT2D eigenvalue weighted by atomic mass is 10.2. The SMILES string of the molecule is Cc1ccc(S(=O)(=O)Nc2cccc(C(=O)NNC(=O)C(C)Oc3ccccc3F)c2)cc1F. The van der Waals surface area contributed by atoms with Crippen LogP contribution in [-0.2, 0) is 14.8 Å². The first-order valence-electron chi connectivity index (χ1n) is 9.97. The first-order chi connectivity index (χ1) is 16.1. The third-order valence-electron chi connectivity index (χ3n) is 4.64. The lowest BCUT2D eigenvalue weighted by Gasteiger charge is -2.15. The second-order valence-electron chi connectivity index (χ2n) is 7.23. The first kappa shape index (κ1) is 24.6. The van der Waals surface area contributed by atoms with Gasteiger partial charge in [-0.25, -0.2) is 17.2 Å². The second-order valence-corrected chi connectivity index (χ2v) is 8.91. The van der Waals surface area contributed by atoms with Gasteiger partial charge >= 0.3 is 0 Å². The number of aryl methyl sites for hydroxylation is 1. The molecule has 1 atom stereocenters. The number of hydrazine groups is 1. The molecule has 3 rings (SSSR count). The molecule has 8 nitrogen and oxygen atoms in total. The van der Waals surface area contributed by atoms with E-state index in [0.29, 0.717) is 5.56 Å². The second kappa shape index (κ2) is 10.3. The van der Waals surface area contributed by atoms with Crippen molar-refractivity contribution in [2.45, 2.75) is 24.8 Å². The summed E-state index contributed by atoms with van der Waals surface area (Å²) in [6.45, 7) is 2.88. The summed E-state index contributed by atoms with van der Waals surface area (Å²) in [7, 11) is -4.10. The van der Waals surface area contributed by atoms with Crippen molar-refractivity contribution in [2.75, 3.05) is 4.72 Å². The molecule has 1 unspecified atom stereocenters. The maximum absolute atomic E-state index is 13.8. The highest BCUT2D eigenvalue weighted by molar-refractivity contribution is 7.92. The number of ether oxygens (including phenoxy) is 1. The Kier molecular flexibility index (Phi) is 7.47. The maximum atomic E-state index is 13.8. The number of sulfonamides is 1. The minimum atomic E-state index is -4.10. The molecule has 0 saturated heterocycles. The van der Waals surface area contributed by atoms with Gasteiger partial charge in [-0.2, -0.15) is 0 Å². The number of anilines is 1. The number of nitrogens with one attached hydrogen (secondary N) is 3. The molecule has 0 aromatic heterocycles. The molecule has 3 aromatic carbocycles. The molecule has 34 heavy (non-hydrogen) atoms. The highest BCUT2D eigenvalue weighted by Crippen LogP contribution is 2.20. The quantitative estimate of drug-likeness (QED) is 0.441. The van der Waals surface area contributed by atoms with Crippen molar-refractivity contribution in [3.63, 3.8) is 0 Å². The highest BCUT2D eigenvalue weighted by Gasteiger charge is 2.19. The van der Waals surface area contributed by atoms with Crippen LogP contribution >= 0.6 is 0 Å². The van der Waals surface area contributed by atoms with E-state index in [9.17, 15) is 26.8 Å². The van der Waals surface area contributed by atoms with Gasteiger partial charge in [0.1, 0.15) is 5.82 Å². The lowest BCUT2D eigenvalue weighted by molar-refractivity contribution is -0.128. The predicted octanol–water partition coefficient (Wildman–Crippen LogP) is 3.30. The molecular weight excluding hydrogens is 468 g/mol. The average Bonchev–Trinajstić information content (AvgIpc) is 2.80. The fourth-order valence-electron chi connectivity index (χ4n) is 2.76. The number of hydrogen-bond donors (Lipinski definition) is 3. The van der Waals surface area contributed by atoms with Crippen molar-refractivity contribution in [3.05, 3.63) is 89.5 Å². The zero-order valence-electron chi connectivity index (χ0n) is 18.1. The molecule has 3 aromatic rings. The normalized spacial score (nSPS) is 11.9. The van der Waals surface area contributed by atoms with Crippen molar-refractivity contribution in [1.29, 1.82) is 0 Å². The van der Waals surface area contributed by atoms with Gasteiger partial charge in [-0.1, -0.05) is 24.3 Å². The fourth-order valence-corrected chi connectivity index (χ4v) is 3.82. The van der Waals surface area contributed by atoms with Gasteiger partial charge in [0.15, 0.2) is 17.7 Å². The molecule has 178 valence electrons. The molecule has 0 saturated carbocycles. The molecule has 0 fully saturated rings. The molecule has 11 heteroatoms. The molecule has 0 aliphatic carbocycles. The standard InChI is InChI=1S/C23H21F2N3O5S/c1-14-10-11-18(13-20(14)25)34(31,32)28-17-7-5-6-16(12-17)23(30)27-26-22(29)15(2)33-21-9-4-3-8-19(21)24/h3-13,15,28H,1-2H3,(H,26,29)(H,27,30). The van der Waals surface area contributed by atoms with Crippen LogP contribution in [0.15, 0.2) is 71.6 Å². The summed E-state index contributed by atoms with van der Waals surface area (Å²) < 4.78 is 60.0. The Balaban J connectivity index is 1.62. The Bertz CT molecular complexity index is 1330. The van der Waals surface area contributed by atoms with E-state index in [4.69, 9.17) is 4.74 Å². The van der Waals surface area contributed by atoms with E-state index in [1.165, 1.54) is 68.4 Å². The topological polar surface area (TPSA) is 114 Å². The Labute approximate surface area is 195 Å². The number of carbonyl (C=O) groups is 2. The van der Waals surface area contributed by atoms with E-state index < -0.39 is 39.6 Å². The summed E-state index contributed by atoms with van der Waals surface area (Å²) in [6, 6.07) is 14.5. The molecule has 0 heterocycles. The Morgan fingerprint density at radius 3 is 2.35 bits per heavy atom. The van der Waals surface area contributed by atoms with Gasteiger partial charge in [-0.05, 0) is 61.9 Å². The van der Waals surface area contributed by atoms with Crippen molar-refractivity contribution in [1.82, 2.24) is 10.9 Å². The fraction of sp³-hybridized carbons (Fsp3) is 0.130. The summed E-state index contributed by atoms with van der Waals surface area (Å²) in [4.78, 5) is 24.3. The van der Waals surface area contributed by atoms with E-state index in [1.807, 2.05) is 0 Å². The van der Waals surface area contributed by atoms with Crippen LogP contribution in [0.5, 0.6) is 5.75 Å². The summed E-state index contributed by atoms with van der Waals surface area (Å²) in [5.41, 5.74) is 4.71. The van der Waals surface area contributed by atoms with Crippen LogP contribution < -0.4 is 20.3 Å². The minimum absolute atomic E-state index is 0.0262. The number of halogens is 2. The molecular formula is C23H21F2N3O5S. The van der Waals surface area contributed by atoms with E-state index in [0.717, 1.165) is 6.07 Å². The minimum Gasteiger partial charge on any atom is -0.478 e. The third kappa shape index (κ3) is 6.07. The molecule has 0 radical (unpaired) electrons. The number of rotatable bonds is 7. The van der Waals surface area contributed by atoms with E-state index in [-0.39, 0.29) is 21.9 Å². The predicted molar refractivity (Wildman–Crippen MR) is 120 cm³/mol. The Hall–Kier alpha value is -3.99. The van der Waals surface area contributed by atoms with Gasteiger partial charge in [-0.3, -0.25) is 25.2 Å². The highest BCUT2D eigenvalue weighted by atomic mass is 32.2. The molecule has 0 spiro atoms. The summed E-state index contributed by atoms with van der Waals surface area (Å²) in [5, 5.41) is 0. The summed E-state index contributed by atoms with van der Waals surface area (Å²) >= 11 is 0. The molecule has 0 aliphatic heterocycles. The molecule has 3 N–H and O–H groups in total. The van der Waals surface area contributed by atoms with Crippen LogP contribution in [0.3, 0.4) is 0 Å². The van der Waals surface area contributed by atoms with Gasteiger partial charge in [0.25, 0.3) is 21.8 Å². The monoisotopic (exact) mass is 489 g/mol. The maximum Gasteiger partial charge on any atom is 0.279 e. The van der Waals surface area contributed by atoms with Crippen LogP contribution in [0.4, 0.5) is 14.5 Å². The van der Waals surface area contributed by atoms with E-state index in [2.05, 4.69) is 15.6 Å². The zero-order valence-corrected chi connectivity index (χ0v) is 19.0. The van der Waals surface area contributed by atoms with E-state index in [1.54, 1.807) is 6.07 Å². The van der Waals surface area contributed by atoms with Crippen LogP contribution in [0, 0.1) is 18.6 Å². The smallest absolute Gasteiger partial charge is 0.279 e.